The molecule has 3 aromatic carbocycles. The van der Waals surface area contributed by atoms with Gasteiger partial charge in [-0.2, -0.15) is 5.26 Å². The van der Waals surface area contributed by atoms with Crippen LogP contribution in [0.15, 0.2) is 84.4 Å². The van der Waals surface area contributed by atoms with Crippen molar-refractivity contribution in [1.82, 2.24) is 4.98 Å². The smallest absolute Gasteiger partial charge is 0.136 e. The molecule has 0 saturated carbocycles. The fourth-order valence-corrected chi connectivity index (χ4v) is 3.77. The van der Waals surface area contributed by atoms with E-state index in [2.05, 4.69) is 40.6 Å². The summed E-state index contributed by atoms with van der Waals surface area (Å²) in [5.74, 6) is -0.289. The number of nitrogens with zero attached hydrogens (tertiary/aromatic N) is 2. The van der Waals surface area contributed by atoms with Gasteiger partial charge in [0.25, 0.3) is 0 Å². The highest BCUT2D eigenvalue weighted by Crippen LogP contribution is 2.28. The van der Waals surface area contributed by atoms with E-state index in [1.165, 1.54) is 17.4 Å². The Morgan fingerprint density at radius 2 is 1.70 bits per heavy atom. The summed E-state index contributed by atoms with van der Waals surface area (Å²) in [6.45, 7) is 1.71. The van der Waals surface area contributed by atoms with Crippen molar-refractivity contribution in [3.63, 3.8) is 0 Å². The number of anilines is 1. The van der Waals surface area contributed by atoms with E-state index in [9.17, 15) is 9.65 Å². The van der Waals surface area contributed by atoms with Crippen molar-refractivity contribution in [2.24, 2.45) is 0 Å². The molecule has 3 nitrogen and oxygen atoms in total. The van der Waals surface area contributed by atoms with Gasteiger partial charge in [0.15, 0.2) is 0 Å². The third-order valence-electron chi connectivity index (χ3n) is 4.70. The van der Waals surface area contributed by atoms with Crippen LogP contribution in [0.5, 0.6) is 0 Å². The first-order valence-electron chi connectivity index (χ1n) is 9.39. The van der Waals surface area contributed by atoms with E-state index in [0.29, 0.717) is 21.8 Å². The normalized spacial score (nSPS) is 11.2. The second kappa shape index (κ2) is 8.73. The van der Waals surface area contributed by atoms with Gasteiger partial charge in [-0.25, -0.2) is 9.37 Å². The van der Waals surface area contributed by atoms with Crippen molar-refractivity contribution in [3.05, 3.63) is 101 Å². The van der Waals surface area contributed by atoms with Crippen molar-refractivity contribution in [1.29, 1.82) is 5.26 Å². The van der Waals surface area contributed by atoms with Crippen LogP contribution in [-0.2, 0) is 0 Å². The predicted molar refractivity (Wildman–Crippen MR) is 121 cm³/mol. The summed E-state index contributed by atoms with van der Waals surface area (Å²) in [5, 5.41) is 15.1. The zero-order chi connectivity index (χ0) is 20.9. The maximum absolute atomic E-state index is 13.7. The van der Waals surface area contributed by atoms with Crippen LogP contribution in [0, 0.1) is 24.1 Å². The topological polar surface area (TPSA) is 48.7 Å². The monoisotopic (exact) mass is 411 g/mol. The molecule has 0 amide bonds. The van der Waals surface area contributed by atoms with Crippen molar-refractivity contribution >= 4 is 22.6 Å². The molecule has 0 fully saturated rings. The minimum absolute atomic E-state index is 0.289. The molecule has 30 heavy (non-hydrogen) atoms. The van der Waals surface area contributed by atoms with Gasteiger partial charge < -0.3 is 5.32 Å². The first kappa shape index (κ1) is 19.6. The summed E-state index contributed by atoms with van der Waals surface area (Å²) in [6, 6.07) is 25.4. The number of thiazole rings is 1. The van der Waals surface area contributed by atoms with Gasteiger partial charge in [0.2, 0.25) is 0 Å². The largest absolute Gasteiger partial charge is 0.360 e. The molecule has 146 valence electrons. The Labute approximate surface area is 178 Å². The van der Waals surface area contributed by atoms with E-state index in [-0.39, 0.29) is 5.82 Å². The number of hydrogen-bond acceptors (Lipinski definition) is 4. The first-order chi connectivity index (χ1) is 14.6. The molecule has 0 atom stereocenters. The molecule has 4 rings (SSSR count). The third-order valence-corrected chi connectivity index (χ3v) is 5.57. The molecule has 4 aromatic rings. The Kier molecular flexibility index (Phi) is 5.69. The van der Waals surface area contributed by atoms with Crippen LogP contribution in [-0.4, -0.2) is 4.98 Å². The van der Waals surface area contributed by atoms with Crippen LogP contribution in [0.1, 0.15) is 10.6 Å². The number of aryl methyl sites for hydroxylation is 1. The lowest BCUT2D eigenvalue weighted by Crippen LogP contribution is -1.93. The van der Waals surface area contributed by atoms with Gasteiger partial charge in [-0.05, 0) is 35.7 Å². The Hall–Kier alpha value is -3.75. The lowest BCUT2D eigenvalue weighted by Gasteiger charge is -2.03. The van der Waals surface area contributed by atoms with Crippen molar-refractivity contribution in [3.8, 4) is 28.5 Å². The highest BCUT2D eigenvalue weighted by Gasteiger charge is 2.09. The zero-order valence-corrected chi connectivity index (χ0v) is 17.1. The molecular formula is C25H18FN3S. The number of nitriles is 1. The molecule has 1 N–H and O–H groups in total. The van der Waals surface area contributed by atoms with Gasteiger partial charge in [0, 0.05) is 22.8 Å². The highest BCUT2D eigenvalue weighted by atomic mass is 32.1. The van der Waals surface area contributed by atoms with E-state index in [1.807, 2.05) is 35.7 Å². The number of halogens is 1. The van der Waals surface area contributed by atoms with Gasteiger partial charge in [-0.15, -0.1) is 11.3 Å². The number of allylic oxidation sites excluding steroid dienone is 1. The molecule has 1 aromatic heterocycles. The van der Waals surface area contributed by atoms with E-state index in [0.717, 1.165) is 22.4 Å². The van der Waals surface area contributed by atoms with Gasteiger partial charge in [0.05, 0.1) is 5.69 Å². The maximum atomic E-state index is 13.7. The van der Waals surface area contributed by atoms with Crippen LogP contribution in [0.4, 0.5) is 10.1 Å². The molecule has 1 heterocycles. The minimum atomic E-state index is -0.289. The summed E-state index contributed by atoms with van der Waals surface area (Å²) in [7, 11) is 0. The number of rotatable bonds is 5. The third kappa shape index (κ3) is 4.29. The zero-order valence-electron chi connectivity index (χ0n) is 16.3. The molecule has 0 bridgehead atoms. The average molecular weight is 412 g/mol. The van der Waals surface area contributed by atoms with Gasteiger partial charge >= 0.3 is 0 Å². The van der Waals surface area contributed by atoms with Crippen molar-refractivity contribution in [2.45, 2.75) is 6.92 Å². The summed E-state index contributed by atoms with van der Waals surface area (Å²) < 4.78 is 13.7. The standard InChI is InChI=1S/C25H18FN3S/c1-17-7-12-22(13-23(17)26)28-15-21(14-27)25-29-24(16-30-25)20-10-8-19(9-11-20)18-5-3-2-4-6-18/h2-13,15-16,28H,1H3/b21-15+. The fourth-order valence-electron chi connectivity index (χ4n) is 2.97. The SMILES string of the molecule is Cc1ccc(N/C=C(\C#N)c2nc(-c3ccc(-c4ccccc4)cc3)cs2)cc1F. The van der Waals surface area contributed by atoms with Crippen LogP contribution in [0.25, 0.3) is 28.0 Å². The van der Waals surface area contributed by atoms with Crippen LogP contribution < -0.4 is 5.32 Å². The Morgan fingerprint density at radius 1 is 1.00 bits per heavy atom. The summed E-state index contributed by atoms with van der Waals surface area (Å²) >= 11 is 1.40. The molecule has 0 saturated heterocycles. The van der Waals surface area contributed by atoms with Crippen LogP contribution in [0.3, 0.4) is 0 Å². The molecule has 0 aliphatic heterocycles. The van der Waals surface area contributed by atoms with Crippen molar-refractivity contribution < 1.29 is 4.39 Å². The predicted octanol–water partition coefficient (Wildman–Crippen LogP) is 6.90. The summed E-state index contributed by atoms with van der Waals surface area (Å²) in [6.07, 6.45) is 1.56. The van der Waals surface area contributed by atoms with Crippen LogP contribution >= 0.6 is 11.3 Å². The summed E-state index contributed by atoms with van der Waals surface area (Å²) in [5.41, 5.74) is 5.67. The lowest BCUT2D eigenvalue weighted by atomic mass is 10.0. The van der Waals surface area contributed by atoms with E-state index in [1.54, 1.807) is 25.3 Å². The Morgan fingerprint density at radius 3 is 2.40 bits per heavy atom. The molecule has 0 spiro atoms. The number of nitrogens with one attached hydrogen (secondary N) is 1. The number of benzene rings is 3. The molecule has 0 unspecified atom stereocenters. The second-order valence-corrected chi connectivity index (χ2v) is 7.62. The Balaban J connectivity index is 1.53. The van der Waals surface area contributed by atoms with E-state index >= 15 is 0 Å². The molecule has 0 aliphatic rings. The van der Waals surface area contributed by atoms with E-state index in [4.69, 9.17) is 0 Å². The average Bonchev–Trinajstić information content (AvgIpc) is 3.27. The number of aromatic nitrogens is 1. The Bertz CT molecular complexity index is 1240. The van der Waals surface area contributed by atoms with Gasteiger partial charge in [-0.3, -0.25) is 0 Å². The molecule has 0 radical (unpaired) electrons. The summed E-state index contributed by atoms with van der Waals surface area (Å²) in [4.78, 5) is 4.61. The fraction of sp³-hybridized carbons (Fsp3) is 0.0400. The lowest BCUT2D eigenvalue weighted by molar-refractivity contribution is 0.619. The minimum Gasteiger partial charge on any atom is -0.360 e. The van der Waals surface area contributed by atoms with E-state index < -0.39 is 0 Å². The van der Waals surface area contributed by atoms with Gasteiger partial charge in [0.1, 0.15) is 22.5 Å². The maximum Gasteiger partial charge on any atom is 0.136 e. The van der Waals surface area contributed by atoms with Gasteiger partial charge in [-0.1, -0.05) is 60.7 Å². The molecular weight excluding hydrogens is 393 g/mol. The van der Waals surface area contributed by atoms with Crippen molar-refractivity contribution in [2.75, 3.05) is 5.32 Å². The molecule has 0 aliphatic carbocycles. The second-order valence-electron chi connectivity index (χ2n) is 6.76. The molecule has 5 heteroatoms. The van der Waals surface area contributed by atoms with Crippen LogP contribution in [0.2, 0.25) is 0 Å². The quantitative estimate of drug-likeness (QED) is 0.363. The highest BCUT2D eigenvalue weighted by molar-refractivity contribution is 7.11. The number of hydrogen-bond donors (Lipinski definition) is 1. The first-order valence-corrected chi connectivity index (χ1v) is 10.3.